The van der Waals surface area contributed by atoms with Crippen molar-refractivity contribution >= 4 is 5.91 Å². The smallest absolute Gasteiger partial charge is 0.224 e. The average Bonchev–Trinajstić information content (AvgIpc) is 3.12. The summed E-state index contributed by atoms with van der Waals surface area (Å²) in [4.78, 5) is 15.4. The lowest BCUT2D eigenvalue weighted by Crippen LogP contribution is -2.58. The van der Waals surface area contributed by atoms with E-state index in [-0.39, 0.29) is 11.3 Å². The van der Waals surface area contributed by atoms with Crippen LogP contribution in [0.1, 0.15) is 71.4 Å². The fraction of sp³-hybridized carbons (Fsp3) is 0.857. The zero-order valence-corrected chi connectivity index (χ0v) is 17.2. The molecule has 2 bridgehead atoms. The topological polar surface area (TPSA) is 63.1 Å². The maximum Gasteiger partial charge on any atom is 0.224 e. The second-order valence-electron chi connectivity index (χ2n) is 9.96. The van der Waals surface area contributed by atoms with E-state index in [1.165, 1.54) is 19.3 Å². The van der Waals surface area contributed by atoms with Crippen LogP contribution in [0.4, 0.5) is 0 Å². The molecule has 5 rings (SSSR count). The summed E-state index contributed by atoms with van der Waals surface area (Å²) in [5.41, 5.74) is 1.08. The molecule has 4 atom stereocenters. The van der Waals surface area contributed by atoms with Crippen molar-refractivity contribution in [1.82, 2.24) is 25.2 Å². The first kappa shape index (κ1) is 18.9. The molecule has 6 nitrogen and oxygen atoms in total. The molecule has 27 heavy (non-hydrogen) atoms. The number of rotatable bonds is 4. The van der Waals surface area contributed by atoms with Crippen LogP contribution in [0.25, 0.3) is 0 Å². The third kappa shape index (κ3) is 4.20. The number of hydrogen-bond acceptors (Lipinski definition) is 4. The number of piperidine rings is 3. The lowest BCUT2D eigenvalue weighted by atomic mass is 9.75. The predicted octanol–water partition coefficient (Wildman–Crippen LogP) is 2.73. The van der Waals surface area contributed by atoms with E-state index in [9.17, 15) is 4.79 Å². The highest BCUT2D eigenvalue weighted by Crippen LogP contribution is 2.37. The van der Waals surface area contributed by atoms with Crippen LogP contribution in [-0.2, 0) is 16.8 Å². The van der Waals surface area contributed by atoms with Gasteiger partial charge in [-0.2, -0.15) is 0 Å². The van der Waals surface area contributed by atoms with Gasteiger partial charge in [0.15, 0.2) is 0 Å². The minimum atomic E-state index is 0.0341. The Kier molecular flexibility index (Phi) is 5.28. The number of carbonyl (C=O) groups is 1. The van der Waals surface area contributed by atoms with Crippen molar-refractivity contribution in [2.24, 2.45) is 11.8 Å². The summed E-state index contributed by atoms with van der Waals surface area (Å²) >= 11 is 0. The van der Waals surface area contributed by atoms with Gasteiger partial charge in [-0.15, -0.1) is 5.10 Å². The average molecular weight is 374 g/mol. The zero-order valence-electron chi connectivity index (χ0n) is 17.2. The van der Waals surface area contributed by atoms with Gasteiger partial charge in [-0.3, -0.25) is 14.4 Å². The van der Waals surface area contributed by atoms with Gasteiger partial charge in [0, 0.05) is 30.2 Å². The Hall–Kier alpha value is -1.43. The molecule has 1 amide bonds. The first-order valence-corrected chi connectivity index (χ1v) is 10.8. The maximum absolute atomic E-state index is 12.9. The monoisotopic (exact) mass is 373 g/mol. The molecule has 1 N–H and O–H groups in total. The molecular formula is C21H35N5O. The molecule has 150 valence electrons. The van der Waals surface area contributed by atoms with Crippen molar-refractivity contribution in [3.8, 4) is 0 Å². The van der Waals surface area contributed by atoms with Crippen molar-refractivity contribution < 1.29 is 4.79 Å². The number of nitrogens with one attached hydrogen (secondary N) is 1. The van der Waals surface area contributed by atoms with Gasteiger partial charge < -0.3 is 5.32 Å². The molecule has 1 saturated carbocycles. The molecule has 4 aliphatic rings. The molecule has 0 spiro atoms. The highest BCUT2D eigenvalue weighted by Gasteiger charge is 2.43. The first-order valence-electron chi connectivity index (χ1n) is 10.8. The van der Waals surface area contributed by atoms with E-state index in [1.54, 1.807) is 0 Å². The van der Waals surface area contributed by atoms with Gasteiger partial charge in [0.05, 0.1) is 18.2 Å². The van der Waals surface area contributed by atoms with E-state index in [2.05, 4.69) is 47.5 Å². The molecule has 1 aromatic rings. The summed E-state index contributed by atoms with van der Waals surface area (Å²) in [5.74, 6) is 1.01. The Morgan fingerprint density at radius 2 is 2.00 bits per heavy atom. The van der Waals surface area contributed by atoms with Crippen LogP contribution in [0.15, 0.2) is 6.20 Å². The number of carbonyl (C=O) groups excluding carboxylic acids is 1. The van der Waals surface area contributed by atoms with Crippen LogP contribution in [-0.4, -0.2) is 51.0 Å². The number of aromatic nitrogens is 3. The van der Waals surface area contributed by atoms with E-state index in [4.69, 9.17) is 0 Å². The number of hydrogen-bond donors (Lipinski definition) is 1. The standard InChI is InChI=1S/C21H35N5O/c1-21(2,3)19-14-26(24-23-19)12-17-11-15-9-10-25(17)13-18(15)20(27)22-16-7-5-4-6-8-16/h14-18H,4-13H2,1-3H3,(H,22,27)/t15?,17-,18+/m1/s1. The van der Waals surface area contributed by atoms with Crippen LogP contribution < -0.4 is 5.32 Å². The first-order chi connectivity index (χ1) is 12.9. The number of amides is 1. The Balaban J connectivity index is 1.34. The molecule has 1 aliphatic carbocycles. The van der Waals surface area contributed by atoms with Gasteiger partial charge in [-0.1, -0.05) is 45.2 Å². The minimum absolute atomic E-state index is 0.0341. The van der Waals surface area contributed by atoms with Gasteiger partial charge in [0.25, 0.3) is 0 Å². The van der Waals surface area contributed by atoms with Gasteiger partial charge in [0.2, 0.25) is 5.91 Å². The summed E-state index contributed by atoms with van der Waals surface area (Å²) < 4.78 is 2.00. The third-order valence-electron chi connectivity index (χ3n) is 6.87. The lowest BCUT2D eigenvalue weighted by Gasteiger charge is -2.49. The molecule has 2 unspecified atom stereocenters. The normalized spacial score (nSPS) is 31.8. The Morgan fingerprint density at radius 1 is 1.22 bits per heavy atom. The fourth-order valence-electron chi connectivity index (χ4n) is 5.13. The Labute approximate surface area is 163 Å². The van der Waals surface area contributed by atoms with Gasteiger partial charge in [-0.05, 0) is 38.1 Å². The molecule has 4 heterocycles. The second-order valence-corrected chi connectivity index (χ2v) is 9.96. The van der Waals surface area contributed by atoms with E-state index in [0.717, 1.165) is 51.0 Å². The van der Waals surface area contributed by atoms with Crippen LogP contribution in [0, 0.1) is 11.8 Å². The van der Waals surface area contributed by atoms with E-state index >= 15 is 0 Å². The molecule has 1 aromatic heterocycles. The molecule has 3 aliphatic heterocycles. The lowest BCUT2D eigenvalue weighted by molar-refractivity contribution is -0.134. The van der Waals surface area contributed by atoms with Gasteiger partial charge in [-0.25, -0.2) is 0 Å². The van der Waals surface area contributed by atoms with E-state index in [1.807, 2.05) is 4.68 Å². The largest absolute Gasteiger partial charge is 0.353 e. The van der Waals surface area contributed by atoms with Gasteiger partial charge in [0.1, 0.15) is 0 Å². The van der Waals surface area contributed by atoms with Crippen molar-refractivity contribution in [1.29, 1.82) is 0 Å². The van der Waals surface area contributed by atoms with Gasteiger partial charge >= 0.3 is 0 Å². The van der Waals surface area contributed by atoms with Crippen LogP contribution in [0.3, 0.4) is 0 Å². The summed E-state index contributed by atoms with van der Waals surface area (Å²) in [5, 5.41) is 12.1. The zero-order chi connectivity index (χ0) is 19.0. The summed E-state index contributed by atoms with van der Waals surface area (Å²) in [6, 6.07) is 0.903. The third-order valence-corrected chi connectivity index (χ3v) is 6.87. The van der Waals surface area contributed by atoms with Crippen molar-refractivity contribution in [3.63, 3.8) is 0 Å². The Morgan fingerprint density at radius 3 is 2.63 bits per heavy atom. The van der Waals surface area contributed by atoms with Crippen molar-refractivity contribution in [2.45, 2.75) is 89.8 Å². The van der Waals surface area contributed by atoms with Crippen LogP contribution in [0.2, 0.25) is 0 Å². The molecule has 4 fully saturated rings. The molecule has 6 heteroatoms. The van der Waals surface area contributed by atoms with Crippen molar-refractivity contribution in [2.75, 3.05) is 13.1 Å². The second kappa shape index (κ2) is 7.53. The molecular weight excluding hydrogens is 338 g/mol. The molecule has 0 aromatic carbocycles. The fourth-order valence-corrected chi connectivity index (χ4v) is 5.13. The SMILES string of the molecule is CC(C)(C)c1cn(C[C@H]2CC3CCN2C[C@@H]3C(=O)NC2CCCCC2)nn1. The minimum Gasteiger partial charge on any atom is -0.353 e. The highest BCUT2D eigenvalue weighted by molar-refractivity contribution is 5.79. The number of nitrogens with zero attached hydrogens (tertiary/aromatic N) is 4. The molecule has 0 radical (unpaired) electrons. The maximum atomic E-state index is 12.9. The molecule has 3 saturated heterocycles. The summed E-state index contributed by atoms with van der Waals surface area (Å²) in [7, 11) is 0. The van der Waals surface area contributed by atoms with Crippen molar-refractivity contribution in [3.05, 3.63) is 11.9 Å². The van der Waals surface area contributed by atoms with Crippen LogP contribution >= 0.6 is 0 Å². The Bertz CT molecular complexity index is 658. The summed E-state index contributed by atoms with van der Waals surface area (Å²) in [6.07, 6.45) is 10.5. The predicted molar refractivity (Wildman–Crippen MR) is 105 cm³/mol. The quantitative estimate of drug-likeness (QED) is 0.881. The van der Waals surface area contributed by atoms with E-state index in [0.29, 0.717) is 23.9 Å². The number of fused-ring (bicyclic) bond motifs is 3. The summed E-state index contributed by atoms with van der Waals surface area (Å²) in [6.45, 7) is 9.42. The van der Waals surface area contributed by atoms with E-state index < -0.39 is 0 Å². The van der Waals surface area contributed by atoms with Crippen LogP contribution in [0.5, 0.6) is 0 Å². The highest BCUT2D eigenvalue weighted by atomic mass is 16.2.